The lowest BCUT2D eigenvalue weighted by atomic mass is 9.94. The zero-order valence-electron chi connectivity index (χ0n) is 13.2. The second-order valence-electron chi connectivity index (χ2n) is 6.76. The number of hydrogen-bond acceptors (Lipinski definition) is 2. The maximum absolute atomic E-state index is 12.2. The van der Waals surface area contributed by atoms with Crippen LogP contribution in [0.4, 0.5) is 0 Å². The minimum atomic E-state index is -0.272. The second-order valence-corrected chi connectivity index (χ2v) is 7.20. The summed E-state index contributed by atoms with van der Waals surface area (Å²) in [7, 11) is 0. The van der Waals surface area contributed by atoms with Crippen LogP contribution < -0.4 is 0 Å². The molecule has 0 N–H and O–H groups in total. The first-order valence-electron chi connectivity index (χ1n) is 7.62. The van der Waals surface area contributed by atoms with Gasteiger partial charge < -0.3 is 4.90 Å². The van der Waals surface area contributed by atoms with Gasteiger partial charge in [-0.2, -0.15) is 0 Å². The number of carbonyl (C=O) groups is 1. The van der Waals surface area contributed by atoms with Gasteiger partial charge in [0.2, 0.25) is 5.91 Å². The number of halogens is 1. The van der Waals surface area contributed by atoms with Crippen LogP contribution in [0, 0.1) is 5.41 Å². The fourth-order valence-electron chi connectivity index (χ4n) is 2.59. The first kappa shape index (κ1) is 16.3. The highest BCUT2D eigenvalue weighted by atomic mass is 35.5. The van der Waals surface area contributed by atoms with Gasteiger partial charge in [0, 0.05) is 43.2 Å². The van der Waals surface area contributed by atoms with Gasteiger partial charge in [0.25, 0.3) is 0 Å². The average Bonchev–Trinajstić information content (AvgIpc) is 2.45. The van der Waals surface area contributed by atoms with Crippen molar-refractivity contribution in [3.8, 4) is 0 Å². The fourth-order valence-corrected chi connectivity index (χ4v) is 2.71. The molecule has 0 saturated carbocycles. The summed E-state index contributed by atoms with van der Waals surface area (Å²) in [6.45, 7) is 10.6. The summed E-state index contributed by atoms with van der Waals surface area (Å²) in [4.78, 5) is 16.7. The summed E-state index contributed by atoms with van der Waals surface area (Å²) in [6, 6.07) is 8.05. The van der Waals surface area contributed by atoms with E-state index in [1.807, 2.05) is 37.8 Å². The van der Waals surface area contributed by atoms with E-state index in [1.54, 1.807) is 0 Å². The molecular weight excluding hydrogens is 284 g/mol. The Morgan fingerprint density at radius 2 is 1.67 bits per heavy atom. The third-order valence-electron chi connectivity index (χ3n) is 3.93. The number of piperazine rings is 1. The Balaban J connectivity index is 1.77. The molecule has 1 aliphatic heterocycles. The van der Waals surface area contributed by atoms with Gasteiger partial charge in [-0.15, -0.1) is 0 Å². The van der Waals surface area contributed by atoms with E-state index in [2.05, 4.69) is 17.0 Å². The van der Waals surface area contributed by atoms with Gasteiger partial charge in [-0.3, -0.25) is 9.69 Å². The van der Waals surface area contributed by atoms with Crippen LogP contribution in [0.25, 0.3) is 0 Å². The highest BCUT2D eigenvalue weighted by Crippen LogP contribution is 2.18. The number of nitrogens with zero attached hydrogens (tertiary/aromatic N) is 2. The van der Waals surface area contributed by atoms with E-state index in [-0.39, 0.29) is 11.3 Å². The van der Waals surface area contributed by atoms with Crippen molar-refractivity contribution in [2.75, 3.05) is 32.7 Å². The van der Waals surface area contributed by atoms with E-state index in [4.69, 9.17) is 11.6 Å². The van der Waals surface area contributed by atoms with Crippen molar-refractivity contribution in [2.24, 2.45) is 5.41 Å². The van der Waals surface area contributed by atoms with Gasteiger partial charge in [0.05, 0.1) is 0 Å². The zero-order chi connectivity index (χ0) is 15.5. The predicted molar refractivity (Wildman–Crippen MR) is 87.6 cm³/mol. The van der Waals surface area contributed by atoms with Crippen molar-refractivity contribution < 1.29 is 4.79 Å². The Morgan fingerprint density at radius 1 is 1.10 bits per heavy atom. The zero-order valence-corrected chi connectivity index (χ0v) is 14.0. The molecule has 116 valence electrons. The maximum atomic E-state index is 12.2. The minimum Gasteiger partial charge on any atom is -0.340 e. The molecule has 1 heterocycles. The average molecular weight is 309 g/mol. The normalized spacial score (nSPS) is 17.0. The standard InChI is InChI=1S/C17H25ClN2O/c1-17(2,3)16(21)20-12-10-19(11-13-20)9-8-14-4-6-15(18)7-5-14/h4-7H,8-13H2,1-3H3. The van der Waals surface area contributed by atoms with E-state index in [0.717, 1.165) is 44.2 Å². The summed E-state index contributed by atoms with van der Waals surface area (Å²) in [6.07, 6.45) is 1.03. The highest BCUT2D eigenvalue weighted by molar-refractivity contribution is 6.30. The molecule has 0 unspecified atom stereocenters. The van der Waals surface area contributed by atoms with Gasteiger partial charge in [0.15, 0.2) is 0 Å². The number of carbonyl (C=O) groups excluding carboxylic acids is 1. The van der Waals surface area contributed by atoms with Crippen molar-refractivity contribution in [2.45, 2.75) is 27.2 Å². The SMILES string of the molecule is CC(C)(C)C(=O)N1CCN(CCc2ccc(Cl)cc2)CC1. The van der Waals surface area contributed by atoms with Gasteiger partial charge >= 0.3 is 0 Å². The molecule has 0 atom stereocenters. The summed E-state index contributed by atoms with van der Waals surface area (Å²) in [5.74, 6) is 0.264. The van der Waals surface area contributed by atoms with Gasteiger partial charge in [-0.05, 0) is 24.1 Å². The van der Waals surface area contributed by atoms with E-state index in [1.165, 1.54) is 5.56 Å². The Bertz CT molecular complexity index is 471. The summed E-state index contributed by atoms with van der Waals surface area (Å²) in [5, 5.41) is 0.785. The fraction of sp³-hybridized carbons (Fsp3) is 0.588. The largest absolute Gasteiger partial charge is 0.340 e. The monoisotopic (exact) mass is 308 g/mol. The van der Waals surface area contributed by atoms with Crippen LogP contribution in [-0.4, -0.2) is 48.4 Å². The Hall–Kier alpha value is -1.06. The van der Waals surface area contributed by atoms with Gasteiger partial charge in [-0.25, -0.2) is 0 Å². The van der Waals surface area contributed by atoms with E-state index in [0.29, 0.717) is 0 Å². The van der Waals surface area contributed by atoms with E-state index in [9.17, 15) is 4.79 Å². The first-order chi connectivity index (χ1) is 9.86. The number of amides is 1. The third kappa shape index (κ3) is 4.72. The predicted octanol–water partition coefficient (Wildman–Crippen LogP) is 3.07. The van der Waals surface area contributed by atoms with Crippen LogP contribution >= 0.6 is 11.6 Å². The minimum absolute atomic E-state index is 0.264. The topological polar surface area (TPSA) is 23.6 Å². The maximum Gasteiger partial charge on any atom is 0.228 e. The summed E-state index contributed by atoms with van der Waals surface area (Å²) in [5.41, 5.74) is 1.04. The second kappa shape index (κ2) is 6.80. The molecule has 0 radical (unpaired) electrons. The van der Waals surface area contributed by atoms with Crippen LogP contribution in [-0.2, 0) is 11.2 Å². The molecule has 0 aliphatic carbocycles. The molecule has 1 amide bonds. The Morgan fingerprint density at radius 3 is 2.19 bits per heavy atom. The van der Waals surface area contributed by atoms with Crippen LogP contribution in [0.2, 0.25) is 5.02 Å². The lowest BCUT2D eigenvalue weighted by Crippen LogP contribution is -2.51. The molecule has 0 spiro atoms. The Labute approximate surface area is 132 Å². The Kier molecular flexibility index (Phi) is 5.28. The lowest BCUT2D eigenvalue weighted by Gasteiger charge is -2.37. The molecule has 1 aliphatic rings. The summed E-state index contributed by atoms with van der Waals surface area (Å²) >= 11 is 5.90. The number of rotatable bonds is 3. The highest BCUT2D eigenvalue weighted by Gasteiger charge is 2.29. The lowest BCUT2D eigenvalue weighted by molar-refractivity contribution is -0.141. The van der Waals surface area contributed by atoms with Crippen LogP contribution in [0.3, 0.4) is 0 Å². The molecule has 1 fully saturated rings. The molecule has 0 bridgehead atoms. The molecule has 21 heavy (non-hydrogen) atoms. The van der Waals surface area contributed by atoms with Crippen molar-refractivity contribution >= 4 is 17.5 Å². The molecule has 1 aromatic carbocycles. The molecule has 2 rings (SSSR count). The van der Waals surface area contributed by atoms with Crippen LogP contribution in [0.5, 0.6) is 0 Å². The molecule has 4 heteroatoms. The van der Waals surface area contributed by atoms with Gasteiger partial charge in [0.1, 0.15) is 0 Å². The first-order valence-corrected chi connectivity index (χ1v) is 8.00. The van der Waals surface area contributed by atoms with E-state index < -0.39 is 0 Å². The molecule has 3 nitrogen and oxygen atoms in total. The third-order valence-corrected chi connectivity index (χ3v) is 4.18. The smallest absolute Gasteiger partial charge is 0.228 e. The molecule has 1 saturated heterocycles. The molecular formula is C17H25ClN2O. The van der Waals surface area contributed by atoms with E-state index >= 15 is 0 Å². The summed E-state index contributed by atoms with van der Waals surface area (Å²) < 4.78 is 0. The van der Waals surface area contributed by atoms with Crippen molar-refractivity contribution in [1.29, 1.82) is 0 Å². The van der Waals surface area contributed by atoms with Crippen molar-refractivity contribution in [3.63, 3.8) is 0 Å². The number of benzene rings is 1. The molecule has 0 aromatic heterocycles. The van der Waals surface area contributed by atoms with Crippen molar-refractivity contribution in [3.05, 3.63) is 34.9 Å². The van der Waals surface area contributed by atoms with Crippen LogP contribution in [0.15, 0.2) is 24.3 Å². The quantitative estimate of drug-likeness (QED) is 0.857. The molecule has 1 aromatic rings. The number of hydrogen-bond donors (Lipinski definition) is 0. The van der Waals surface area contributed by atoms with Gasteiger partial charge in [-0.1, -0.05) is 44.5 Å². The van der Waals surface area contributed by atoms with Crippen molar-refractivity contribution in [1.82, 2.24) is 9.80 Å². The van der Waals surface area contributed by atoms with Crippen LogP contribution in [0.1, 0.15) is 26.3 Å².